The molecule has 4 N–H and O–H groups in total. The van der Waals surface area contributed by atoms with E-state index >= 15 is 0 Å². The second-order valence-electron chi connectivity index (χ2n) is 15.8. The maximum atomic E-state index is 13.8. The number of hydrogen-bond acceptors (Lipinski definition) is 10. The van der Waals surface area contributed by atoms with E-state index in [1.807, 2.05) is 41.5 Å². The van der Waals surface area contributed by atoms with E-state index in [9.17, 15) is 38.7 Å². The smallest absolute Gasteiger partial charge is 0.245 e. The first-order valence-electron chi connectivity index (χ1n) is 19.6. The monoisotopic (exact) mass is 785 g/mol. The van der Waals surface area contributed by atoms with Crippen molar-refractivity contribution >= 4 is 41.7 Å². The highest BCUT2D eigenvalue weighted by Gasteiger charge is 2.36. The van der Waals surface area contributed by atoms with Crippen LogP contribution in [0.1, 0.15) is 93.4 Å². The van der Waals surface area contributed by atoms with Crippen LogP contribution in [-0.2, 0) is 38.3 Å². The van der Waals surface area contributed by atoms with Gasteiger partial charge in [0.1, 0.15) is 24.4 Å². The Morgan fingerprint density at radius 3 is 1.71 bits per heavy atom. The average molecular weight is 785 g/mol. The lowest BCUT2D eigenvalue weighted by molar-refractivity contribution is -0.149. The van der Waals surface area contributed by atoms with E-state index in [-0.39, 0.29) is 106 Å². The first kappa shape index (κ1) is 51.4. The number of aliphatic hydroxyl groups is 2. The number of ether oxygens (including phenoxy) is 1. The van der Waals surface area contributed by atoms with Crippen molar-refractivity contribution in [3.63, 3.8) is 0 Å². The lowest BCUT2D eigenvalue weighted by Crippen LogP contribution is -2.55. The molecule has 0 spiro atoms. The van der Waals surface area contributed by atoms with Gasteiger partial charge in [-0.05, 0) is 50.4 Å². The molecule has 16 nitrogen and oxygen atoms in total. The summed E-state index contributed by atoms with van der Waals surface area (Å²) in [5.74, 6) is -2.40. The van der Waals surface area contributed by atoms with Crippen LogP contribution in [0.4, 0.5) is 0 Å². The van der Waals surface area contributed by atoms with Crippen molar-refractivity contribution in [1.82, 2.24) is 30.2 Å². The summed E-state index contributed by atoms with van der Waals surface area (Å²) in [6.45, 7) is 13.4. The molecule has 0 aliphatic heterocycles. The zero-order valence-corrected chi connectivity index (χ0v) is 35.3. The maximum Gasteiger partial charge on any atom is 0.245 e. The van der Waals surface area contributed by atoms with Gasteiger partial charge in [0.05, 0.1) is 38.3 Å². The molecule has 0 heterocycles. The fraction of sp³-hybridized carbons (Fsp3) is 0.821. The summed E-state index contributed by atoms with van der Waals surface area (Å²) in [6, 6.07) is -2.41. The molecule has 6 amide bonds. The Balaban J connectivity index is 5.29. The Kier molecular flexibility index (Phi) is 25.3. The third-order valence-electron chi connectivity index (χ3n) is 9.23. The van der Waals surface area contributed by atoms with Crippen LogP contribution < -0.4 is 10.6 Å². The molecule has 0 bridgehead atoms. The van der Waals surface area contributed by atoms with Crippen molar-refractivity contribution in [3.05, 3.63) is 0 Å². The summed E-state index contributed by atoms with van der Waals surface area (Å²) in [5, 5.41) is 24.1. The lowest BCUT2D eigenvalue weighted by Gasteiger charge is -2.36. The number of aldehydes is 1. The molecule has 0 fully saturated rings. The van der Waals surface area contributed by atoms with Crippen LogP contribution in [-0.4, -0.2) is 163 Å². The molecular weight excluding hydrogens is 712 g/mol. The van der Waals surface area contributed by atoms with E-state index < -0.39 is 36.1 Å². The quantitative estimate of drug-likeness (QED) is 0.0656. The van der Waals surface area contributed by atoms with Crippen molar-refractivity contribution in [2.45, 2.75) is 118 Å². The number of aliphatic hydroxyl groups excluding tert-OH is 2. The molecule has 0 radical (unpaired) electrons. The number of nitrogens with one attached hydrogen (secondary N) is 2. The number of carbonyl (C=O) groups excluding carboxylic acids is 7. The molecule has 0 aliphatic carbocycles. The second kappa shape index (κ2) is 27.0. The molecule has 0 aromatic carbocycles. The topological polar surface area (TPSA) is 206 Å². The van der Waals surface area contributed by atoms with Crippen LogP contribution in [0.15, 0.2) is 0 Å². The summed E-state index contributed by atoms with van der Waals surface area (Å²) in [5.41, 5.74) is 0. The standard InChI is InChI=1S/C39H72N6O10/c1-26(2)19-31(38(53)41-23-30(24-47)25-55-18-17-46)43(9)35(50)13-12-16-42(8)34(49)14-15-40-37(52)32(20-27(3)4)45(11)39(54)33(21-28(5)6)44(10)36(51)22-29(7)48/h24,26-33,46,48H,12-23,25H2,1-11H3,(H,40,52)(H,41,53)/t29-,30?,31?,32?,33?/m1/s1. The highest BCUT2D eigenvalue weighted by molar-refractivity contribution is 5.92. The number of carbonyl (C=O) groups is 7. The van der Waals surface area contributed by atoms with Gasteiger partial charge in [0.15, 0.2) is 0 Å². The minimum atomic E-state index is -0.860. The van der Waals surface area contributed by atoms with Crippen LogP contribution >= 0.6 is 0 Å². The largest absolute Gasteiger partial charge is 0.394 e. The predicted molar refractivity (Wildman–Crippen MR) is 209 cm³/mol. The molecule has 16 heteroatoms. The third kappa shape index (κ3) is 20.2. The average Bonchev–Trinajstić information content (AvgIpc) is 3.10. The molecule has 0 aromatic rings. The van der Waals surface area contributed by atoms with Gasteiger partial charge in [-0.25, -0.2) is 0 Å². The molecule has 0 aliphatic rings. The SMILES string of the molecule is CC(C)CC(C(=O)NCC(C=O)COCCO)N(C)C(=O)CCCN(C)C(=O)CCNC(=O)C(CC(C)C)N(C)C(=O)C(CC(C)C)N(C)C(=O)C[C@@H](C)O. The van der Waals surface area contributed by atoms with Crippen molar-refractivity contribution in [3.8, 4) is 0 Å². The van der Waals surface area contributed by atoms with Crippen LogP contribution in [0.2, 0.25) is 0 Å². The van der Waals surface area contributed by atoms with Gasteiger partial charge in [0, 0.05) is 60.7 Å². The number of rotatable bonds is 28. The number of amides is 6. The third-order valence-corrected chi connectivity index (χ3v) is 9.23. The van der Waals surface area contributed by atoms with Gasteiger partial charge in [-0.15, -0.1) is 0 Å². The minimum absolute atomic E-state index is 0.00182. The van der Waals surface area contributed by atoms with E-state index in [0.717, 1.165) is 0 Å². The van der Waals surface area contributed by atoms with E-state index in [2.05, 4.69) is 10.6 Å². The van der Waals surface area contributed by atoms with Crippen LogP contribution in [0.3, 0.4) is 0 Å². The van der Waals surface area contributed by atoms with Crippen LogP contribution in [0.5, 0.6) is 0 Å². The zero-order valence-electron chi connectivity index (χ0n) is 35.3. The zero-order chi connectivity index (χ0) is 42.4. The van der Waals surface area contributed by atoms with Crippen molar-refractivity contribution < 1.29 is 48.5 Å². The fourth-order valence-electron chi connectivity index (χ4n) is 5.94. The number of nitrogens with zero attached hydrogens (tertiary/aromatic N) is 4. The number of likely N-dealkylation sites (N-methyl/N-ethyl adjacent to an activating group) is 3. The fourth-order valence-corrected chi connectivity index (χ4v) is 5.94. The Labute approximate surface area is 329 Å². The minimum Gasteiger partial charge on any atom is -0.394 e. The van der Waals surface area contributed by atoms with E-state index in [4.69, 9.17) is 9.84 Å². The highest BCUT2D eigenvalue weighted by atomic mass is 16.5. The molecule has 5 atom stereocenters. The molecule has 0 saturated heterocycles. The molecular formula is C39H72N6O10. The Hall–Kier alpha value is -3.63. The van der Waals surface area contributed by atoms with Gasteiger partial charge in [0.25, 0.3) is 0 Å². The van der Waals surface area contributed by atoms with Gasteiger partial charge >= 0.3 is 0 Å². The maximum absolute atomic E-state index is 13.8. The second-order valence-corrected chi connectivity index (χ2v) is 15.8. The number of hydrogen-bond donors (Lipinski definition) is 4. The molecule has 4 unspecified atom stereocenters. The Bertz CT molecular complexity index is 1210. The summed E-state index contributed by atoms with van der Waals surface area (Å²) in [4.78, 5) is 96.2. The molecule has 318 valence electrons. The first-order valence-corrected chi connectivity index (χ1v) is 19.6. The van der Waals surface area contributed by atoms with Gasteiger partial charge in [-0.1, -0.05) is 41.5 Å². The van der Waals surface area contributed by atoms with E-state index in [0.29, 0.717) is 32.0 Å². The predicted octanol–water partition coefficient (Wildman–Crippen LogP) is 1.06. The van der Waals surface area contributed by atoms with Gasteiger partial charge in [-0.2, -0.15) is 0 Å². The van der Waals surface area contributed by atoms with Gasteiger partial charge < -0.3 is 50.0 Å². The van der Waals surface area contributed by atoms with E-state index in [1.165, 1.54) is 33.6 Å². The first-order chi connectivity index (χ1) is 25.7. The Morgan fingerprint density at radius 1 is 0.691 bits per heavy atom. The molecule has 0 saturated carbocycles. The van der Waals surface area contributed by atoms with E-state index in [1.54, 1.807) is 21.1 Å². The molecule has 55 heavy (non-hydrogen) atoms. The van der Waals surface area contributed by atoms with Crippen molar-refractivity contribution in [2.75, 3.05) is 67.6 Å². The normalized spacial score (nSPS) is 14.1. The molecule has 0 aromatic heterocycles. The summed E-state index contributed by atoms with van der Waals surface area (Å²) in [6.07, 6.45) is 1.28. The Morgan fingerprint density at radius 2 is 1.20 bits per heavy atom. The van der Waals surface area contributed by atoms with Crippen molar-refractivity contribution in [1.29, 1.82) is 0 Å². The highest BCUT2D eigenvalue weighted by Crippen LogP contribution is 2.19. The molecule has 0 rings (SSSR count). The summed E-state index contributed by atoms with van der Waals surface area (Å²) >= 11 is 0. The summed E-state index contributed by atoms with van der Waals surface area (Å²) < 4.78 is 5.19. The van der Waals surface area contributed by atoms with Crippen LogP contribution in [0, 0.1) is 23.7 Å². The summed E-state index contributed by atoms with van der Waals surface area (Å²) in [7, 11) is 6.25. The lowest BCUT2D eigenvalue weighted by atomic mass is 9.97. The van der Waals surface area contributed by atoms with Gasteiger partial charge in [-0.3, -0.25) is 28.8 Å². The van der Waals surface area contributed by atoms with Gasteiger partial charge in [0.2, 0.25) is 35.4 Å². The van der Waals surface area contributed by atoms with Crippen LogP contribution in [0.25, 0.3) is 0 Å². The van der Waals surface area contributed by atoms with Crippen molar-refractivity contribution in [2.24, 2.45) is 23.7 Å².